The standard InChI is InChI=1S/C5H10.C3H9N/c1-2-5-3-4-5;1-3-4-2/h5H,2-4H2,1H3;4H,3H2,1-2H3. The molecule has 1 saturated carbocycles. The molecule has 0 heterocycles. The highest BCUT2D eigenvalue weighted by atomic mass is 14.8. The molecule has 0 radical (unpaired) electrons. The Morgan fingerprint density at radius 2 is 1.78 bits per heavy atom. The summed E-state index contributed by atoms with van der Waals surface area (Å²) in [7, 11) is 1.93. The van der Waals surface area contributed by atoms with Gasteiger partial charge in [0.15, 0.2) is 0 Å². The highest BCUT2D eigenvalue weighted by molar-refractivity contribution is 4.69. The maximum absolute atomic E-state index is 2.93. The van der Waals surface area contributed by atoms with Gasteiger partial charge in [0.05, 0.1) is 0 Å². The first-order valence-electron chi connectivity index (χ1n) is 3.99. The van der Waals surface area contributed by atoms with E-state index in [1.54, 1.807) is 0 Å². The summed E-state index contributed by atoms with van der Waals surface area (Å²) in [5.41, 5.74) is 0. The lowest BCUT2D eigenvalue weighted by atomic mass is 10.3. The first kappa shape index (κ1) is 8.96. The third-order valence-electron chi connectivity index (χ3n) is 1.63. The van der Waals surface area contributed by atoms with Crippen LogP contribution in [0.2, 0.25) is 0 Å². The molecule has 0 unspecified atom stereocenters. The third kappa shape index (κ3) is 7.96. The van der Waals surface area contributed by atoms with Crippen molar-refractivity contribution in [3.05, 3.63) is 0 Å². The molecule has 0 aromatic carbocycles. The Morgan fingerprint density at radius 1 is 1.33 bits per heavy atom. The van der Waals surface area contributed by atoms with Gasteiger partial charge in [0.1, 0.15) is 0 Å². The molecule has 1 rings (SSSR count). The molecule has 1 nitrogen and oxygen atoms in total. The largest absolute Gasteiger partial charge is 0.320 e. The van der Waals surface area contributed by atoms with Crippen LogP contribution < -0.4 is 5.32 Å². The summed E-state index contributed by atoms with van der Waals surface area (Å²) in [5.74, 6) is 1.13. The third-order valence-corrected chi connectivity index (χ3v) is 1.63. The normalized spacial score (nSPS) is 16.3. The average molecular weight is 129 g/mol. The SMILES string of the molecule is CCC1CC1.CCNC. The van der Waals surface area contributed by atoms with E-state index in [2.05, 4.69) is 19.2 Å². The van der Waals surface area contributed by atoms with E-state index < -0.39 is 0 Å². The molecule has 9 heavy (non-hydrogen) atoms. The van der Waals surface area contributed by atoms with Gasteiger partial charge >= 0.3 is 0 Å². The molecule has 1 fully saturated rings. The summed E-state index contributed by atoms with van der Waals surface area (Å²) >= 11 is 0. The van der Waals surface area contributed by atoms with Gasteiger partial charge in [-0.1, -0.05) is 33.1 Å². The summed E-state index contributed by atoms with van der Waals surface area (Å²) in [6, 6.07) is 0. The second-order valence-corrected chi connectivity index (χ2v) is 2.56. The van der Waals surface area contributed by atoms with Gasteiger partial charge in [0.25, 0.3) is 0 Å². The van der Waals surface area contributed by atoms with E-state index in [1.165, 1.54) is 19.3 Å². The average Bonchev–Trinajstić information content (AvgIpc) is 2.70. The van der Waals surface area contributed by atoms with Crippen LogP contribution in [0.3, 0.4) is 0 Å². The molecule has 1 aliphatic rings. The minimum absolute atomic E-state index is 1.07. The van der Waals surface area contributed by atoms with E-state index >= 15 is 0 Å². The second-order valence-electron chi connectivity index (χ2n) is 2.56. The van der Waals surface area contributed by atoms with Crippen LogP contribution in [0.15, 0.2) is 0 Å². The van der Waals surface area contributed by atoms with E-state index in [9.17, 15) is 0 Å². The fourth-order valence-corrected chi connectivity index (χ4v) is 0.526. The molecule has 0 saturated heterocycles. The lowest BCUT2D eigenvalue weighted by Crippen LogP contribution is -2.01. The smallest absolute Gasteiger partial charge is 0.00804 e. The van der Waals surface area contributed by atoms with Crippen molar-refractivity contribution in [2.75, 3.05) is 13.6 Å². The zero-order chi connectivity index (χ0) is 7.11. The molecule has 0 atom stereocenters. The van der Waals surface area contributed by atoms with Gasteiger partial charge in [-0.05, 0) is 19.5 Å². The van der Waals surface area contributed by atoms with Crippen LogP contribution in [0.5, 0.6) is 0 Å². The molecule has 0 aromatic heterocycles. The lowest BCUT2D eigenvalue weighted by Gasteiger charge is -1.76. The fourth-order valence-electron chi connectivity index (χ4n) is 0.526. The van der Waals surface area contributed by atoms with Crippen LogP contribution in [0.4, 0.5) is 0 Å². The van der Waals surface area contributed by atoms with Crippen molar-refractivity contribution < 1.29 is 0 Å². The monoisotopic (exact) mass is 129 g/mol. The first-order valence-corrected chi connectivity index (χ1v) is 3.99. The second kappa shape index (κ2) is 6.09. The fraction of sp³-hybridized carbons (Fsp3) is 1.00. The van der Waals surface area contributed by atoms with Crippen LogP contribution in [0, 0.1) is 5.92 Å². The zero-order valence-electron chi connectivity index (χ0n) is 6.91. The summed E-state index contributed by atoms with van der Waals surface area (Å²) < 4.78 is 0. The number of hydrogen-bond acceptors (Lipinski definition) is 1. The van der Waals surface area contributed by atoms with Crippen molar-refractivity contribution in [2.24, 2.45) is 5.92 Å². The minimum Gasteiger partial charge on any atom is -0.320 e. The number of rotatable bonds is 2. The predicted molar refractivity (Wildman–Crippen MR) is 42.6 cm³/mol. The van der Waals surface area contributed by atoms with Crippen LogP contribution in [-0.4, -0.2) is 13.6 Å². The summed E-state index contributed by atoms with van der Waals surface area (Å²) in [4.78, 5) is 0. The molecule has 0 amide bonds. The van der Waals surface area contributed by atoms with Gasteiger partial charge in [-0.25, -0.2) is 0 Å². The van der Waals surface area contributed by atoms with Crippen molar-refractivity contribution in [1.82, 2.24) is 5.32 Å². The predicted octanol–water partition coefficient (Wildman–Crippen LogP) is 2.03. The van der Waals surface area contributed by atoms with Gasteiger partial charge in [0, 0.05) is 0 Å². The Bertz CT molecular complexity index is 46.5. The van der Waals surface area contributed by atoms with Gasteiger partial charge < -0.3 is 5.32 Å². The van der Waals surface area contributed by atoms with E-state index in [0.717, 1.165) is 12.5 Å². The summed E-state index contributed by atoms with van der Waals surface area (Å²) in [5, 5.41) is 2.93. The maximum atomic E-state index is 2.93. The van der Waals surface area contributed by atoms with Gasteiger partial charge in [0.2, 0.25) is 0 Å². The van der Waals surface area contributed by atoms with E-state index in [-0.39, 0.29) is 0 Å². The van der Waals surface area contributed by atoms with Crippen molar-refractivity contribution in [3.8, 4) is 0 Å². The highest BCUT2D eigenvalue weighted by Crippen LogP contribution is 2.31. The van der Waals surface area contributed by atoms with Crippen LogP contribution >= 0.6 is 0 Å². The van der Waals surface area contributed by atoms with Crippen molar-refractivity contribution in [1.29, 1.82) is 0 Å². The molecule has 0 spiro atoms. The molecule has 1 N–H and O–H groups in total. The number of hydrogen-bond donors (Lipinski definition) is 1. The van der Waals surface area contributed by atoms with Crippen LogP contribution in [-0.2, 0) is 0 Å². The summed E-state index contributed by atoms with van der Waals surface area (Å²) in [6.45, 7) is 5.40. The number of nitrogens with one attached hydrogen (secondary N) is 1. The Labute approximate surface area is 58.8 Å². The Morgan fingerprint density at radius 3 is 1.78 bits per heavy atom. The Hall–Kier alpha value is -0.0400. The zero-order valence-corrected chi connectivity index (χ0v) is 6.91. The first-order chi connectivity index (χ1) is 4.35. The Balaban J connectivity index is 0.000000148. The van der Waals surface area contributed by atoms with E-state index in [1.807, 2.05) is 7.05 Å². The molecular weight excluding hydrogens is 110 g/mol. The minimum atomic E-state index is 1.07. The molecule has 1 aliphatic carbocycles. The highest BCUT2D eigenvalue weighted by Gasteiger charge is 2.17. The molecule has 0 bridgehead atoms. The molecule has 0 aliphatic heterocycles. The van der Waals surface area contributed by atoms with Gasteiger partial charge in [-0.2, -0.15) is 0 Å². The van der Waals surface area contributed by atoms with Crippen LogP contribution in [0.1, 0.15) is 33.1 Å². The Kier molecular flexibility index (Phi) is 6.06. The van der Waals surface area contributed by atoms with Gasteiger partial charge in [-0.3, -0.25) is 0 Å². The maximum Gasteiger partial charge on any atom is -0.00804 e. The molecule has 56 valence electrons. The molecule has 0 aromatic rings. The molecule has 1 heteroatoms. The lowest BCUT2D eigenvalue weighted by molar-refractivity contribution is 0.799. The van der Waals surface area contributed by atoms with Gasteiger partial charge in [-0.15, -0.1) is 0 Å². The topological polar surface area (TPSA) is 12.0 Å². The summed E-state index contributed by atoms with van der Waals surface area (Å²) in [6.07, 6.45) is 4.44. The van der Waals surface area contributed by atoms with E-state index in [0.29, 0.717) is 0 Å². The van der Waals surface area contributed by atoms with E-state index in [4.69, 9.17) is 0 Å². The molecular formula is C8H19N. The quantitative estimate of drug-likeness (QED) is 0.601. The van der Waals surface area contributed by atoms with Crippen molar-refractivity contribution in [3.63, 3.8) is 0 Å². The van der Waals surface area contributed by atoms with Crippen LogP contribution in [0.25, 0.3) is 0 Å². The van der Waals surface area contributed by atoms with Crippen molar-refractivity contribution in [2.45, 2.75) is 33.1 Å². The van der Waals surface area contributed by atoms with Crippen molar-refractivity contribution >= 4 is 0 Å².